The number of aromatic amines is 1. The highest BCUT2D eigenvalue weighted by Gasteiger charge is 2.36. The van der Waals surface area contributed by atoms with Crippen molar-refractivity contribution in [3.63, 3.8) is 0 Å². The Hall–Kier alpha value is -0.840. The molecule has 1 unspecified atom stereocenters. The monoisotopic (exact) mass is 293 g/mol. The van der Waals surface area contributed by atoms with Crippen molar-refractivity contribution in [2.75, 3.05) is 19.6 Å². The quantitative estimate of drug-likeness (QED) is 0.812. The van der Waals surface area contributed by atoms with Gasteiger partial charge in [0.05, 0.1) is 17.1 Å². The molecular formula is C14H16ClN3S. The van der Waals surface area contributed by atoms with Crippen molar-refractivity contribution >= 4 is 34.9 Å². The fourth-order valence-electron chi connectivity index (χ4n) is 3.66. The largest absolute Gasteiger partial charge is 0.331 e. The van der Waals surface area contributed by atoms with Crippen molar-refractivity contribution in [3.05, 3.63) is 28.0 Å². The molecule has 3 aliphatic heterocycles. The number of H-pyrrole nitrogens is 1. The van der Waals surface area contributed by atoms with E-state index in [1.54, 1.807) is 0 Å². The van der Waals surface area contributed by atoms with E-state index in [1.165, 1.54) is 31.4 Å². The average Bonchev–Trinajstić information content (AvgIpc) is 2.75. The third-order valence-electron chi connectivity index (χ3n) is 4.63. The Labute approximate surface area is 122 Å². The third-order valence-corrected chi connectivity index (χ3v) is 5.17. The number of nitrogens with zero attached hydrogens (tertiary/aromatic N) is 2. The first-order chi connectivity index (χ1) is 9.22. The molecule has 2 bridgehead atoms. The molecule has 3 aliphatic rings. The van der Waals surface area contributed by atoms with Gasteiger partial charge in [-0.1, -0.05) is 11.6 Å². The second-order valence-electron chi connectivity index (χ2n) is 5.67. The van der Waals surface area contributed by atoms with Crippen LogP contribution in [0, 0.1) is 10.7 Å². The van der Waals surface area contributed by atoms with Crippen molar-refractivity contribution < 1.29 is 0 Å². The van der Waals surface area contributed by atoms with Gasteiger partial charge in [-0.05, 0) is 62.3 Å². The topological polar surface area (TPSA) is 24.0 Å². The lowest BCUT2D eigenvalue weighted by Crippen LogP contribution is -2.48. The van der Waals surface area contributed by atoms with Crippen LogP contribution in [0.4, 0.5) is 0 Å². The van der Waals surface area contributed by atoms with Crippen molar-refractivity contribution in [1.29, 1.82) is 0 Å². The van der Waals surface area contributed by atoms with E-state index in [1.807, 2.05) is 12.1 Å². The lowest BCUT2D eigenvalue weighted by Gasteiger charge is -2.45. The van der Waals surface area contributed by atoms with E-state index in [2.05, 4.69) is 20.5 Å². The van der Waals surface area contributed by atoms with Gasteiger partial charge in [0.2, 0.25) is 0 Å². The third kappa shape index (κ3) is 1.85. The molecule has 19 heavy (non-hydrogen) atoms. The highest BCUT2D eigenvalue weighted by atomic mass is 35.5. The van der Waals surface area contributed by atoms with Crippen LogP contribution in [0.5, 0.6) is 0 Å². The normalized spacial score (nSPS) is 30.1. The van der Waals surface area contributed by atoms with Crippen molar-refractivity contribution in [3.8, 4) is 0 Å². The van der Waals surface area contributed by atoms with Gasteiger partial charge in [-0.25, -0.2) is 0 Å². The van der Waals surface area contributed by atoms with Crippen molar-refractivity contribution in [2.45, 2.75) is 18.9 Å². The molecule has 1 aromatic carbocycles. The molecule has 0 amide bonds. The summed E-state index contributed by atoms with van der Waals surface area (Å²) in [6.07, 6.45) is 2.60. The Bertz CT molecular complexity index is 682. The van der Waals surface area contributed by atoms with Crippen LogP contribution in [0.15, 0.2) is 18.2 Å². The summed E-state index contributed by atoms with van der Waals surface area (Å²) in [6.45, 7) is 3.64. The molecule has 1 atom stereocenters. The second-order valence-corrected chi connectivity index (χ2v) is 6.49. The van der Waals surface area contributed by atoms with E-state index >= 15 is 0 Å². The molecule has 2 aromatic rings. The molecule has 5 heteroatoms. The minimum Gasteiger partial charge on any atom is -0.331 e. The Kier molecular flexibility index (Phi) is 2.72. The highest BCUT2D eigenvalue weighted by molar-refractivity contribution is 7.71. The van der Waals surface area contributed by atoms with E-state index in [0.717, 1.165) is 27.8 Å². The zero-order valence-corrected chi connectivity index (χ0v) is 12.2. The van der Waals surface area contributed by atoms with Gasteiger partial charge in [0.25, 0.3) is 0 Å². The number of rotatable bonds is 1. The van der Waals surface area contributed by atoms with Gasteiger partial charge in [0.15, 0.2) is 4.77 Å². The highest BCUT2D eigenvalue weighted by Crippen LogP contribution is 2.37. The molecule has 1 aromatic heterocycles. The summed E-state index contributed by atoms with van der Waals surface area (Å²) >= 11 is 11.6. The van der Waals surface area contributed by atoms with Crippen LogP contribution >= 0.6 is 23.8 Å². The molecule has 3 fully saturated rings. The maximum Gasteiger partial charge on any atom is 0.178 e. The fourth-order valence-corrected chi connectivity index (χ4v) is 4.17. The molecule has 4 heterocycles. The SMILES string of the molecule is S=c1[nH]c2cc(Cl)ccc2n1C1CN2CCC1CC2. The summed E-state index contributed by atoms with van der Waals surface area (Å²) in [5, 5.41) is 0.754. The number of fused-ring (bicyclic) bond motifs is 4. The average molecular weight is 294 g/mol. The van der Waals surface area contributed by atoms with Crippen LogP contribution in [-0.4, -0.2) is 34.1 Å². The molecule has 0 spiro atoms. The van der Waals surface area contributed by atoms with E-state index in [4.69, 9.17) is 23.8 Å². The van der Waals surface area contributed by atoms with Crippen molar-refractivity contribution in [1.82, 2.24) is 14.5 Å². The lowest BCUT2D eigenvalue weighted by atomic mass is 9.84. The first kappa shape index (κ1) is 11.9. The number of piperidine rings is 3. The second kappa shape index (κ2) is 4.33. The van der Waals surface area contributed by atoms with Crippen molar-refractivity contribution in [2.24, 2.45) is 5.92 Å². The Balaban J connectivity index is 1.87. The predicted molar refractivity (Wildman–Crippen MR) is 80.3 cm³/mol. The van der Waals surface area contributed by atoms with Gasteiger partial charge in [-0.3, -0.25) is 0 Å². The lowest BCUT2D eigenvalue weighted by molar-refractivity contribution is 0.0582. The van der Waals surface area contributed by atoms with Gasteiger partial charge in [0.1, 0.15) is 0 Å². The first-order valence-electron chi connectivity index (χ1n) is 6.84. The maximum absolute atomic E-state index is 6.06. The van der Waals surface area contributed by atoms with Gasteiger partial charge < -0.3 is 14.5 Å². The molecule has 0 radical (unpaired) electrons. The molecule has 100 valence electrons. The minimum absolute atomic E-state index is 0.518. The van der Waals surface area contributed by atoms with E-state index in [9.17, 15) is 0 Å². The number of nitrogens with one attached hydrogen (secondary N) is 1. The van der Waals surface area contributed by atoms with Crippen LogP contribution in [-0.2, 0) is 0 Å². The summed E-state index contributed by atoms with van der Waals surface area (Å²) in [6, 6.07) is 6.51. The van der Waals surface area contributed by atoms with Gasteiger partial charge in [0, 0.05) is 11.6 Å². The summed E-state index contributed by atoms with van der Waals surface area (Å²) in [5.41, 5.74) is 2.24. The molecule has 1 N–H and O–H groups in total. The van der Waals surface area contributed by atoms with E-state index in [0.29, 0.717) is 6.04 Å². The molecule has 0 saturated carbocycles. The summed E-state index contributed by atoms with van der Waals surface area (Å²) < 4.78 is 3.15. The first-order valence-corrected chi connectivity index (χ1v) is 7.63. The smallest absolute Gasteiger partial charge is 0.178 e. The fraction of sp³-hybridized carbons (Fsp3) is 0.500. The Morgan fingerprint density at radius 1 is 1.26 bits per heavy atom. The summed E-state index contributed by atoms with van der Waals surface area (Å²) in [5.74, 6) is 0.770. The number of hydrogen-bond donors (Lipinski definition) is 1. The number of halogens is 1. The number of benzene rings is 1. The maximum atomic E-state index is 6.06. The van der Waals surface area contributed by atoms with Crippen LogP contribution in [0.1, 0.15) is 18.9 Å². The number of aromatic nitrogens is 2. The van der Waals surface area contributed by atoms with Crippen LogP contribution in [0.2, 0.25) is 5.02 Å². The number of hydrogen-bond acceptors (Lipinski definition) is 2. The molecule has 0 aliphatic carbocycles. The molecular weight excluding hydrogens is 278 g/mol. The van der Waals surface area contributed by atoms with E-state index in [-0.39, 0.29) is 0 Å². The molecule has 3 nitrogen and oxygen atoms in total. The zero-order chi connectivity index (χ0) is 13.0. The standard InChI is InChI=1S/C14H16ClN3S/c15-10-1-2-12-11(7-10)16-14(19)18(12)13-8-17-5-3-9(13)4-6-17/h1-2,7,9,13H,3-6,8H2,(H,16,19). The van der Waals surface area contributed by atoms with E-state index < -0.39 is 0 Å². The summed E-state index contributed by atoms with van der Waals surface area (Å²) in [7, 11) is 0. The van der Waals surface area contributed by atoms with Gasteiger partial charge in [-0.2, -0.15) is 0 Å². The van der Waals surface area contributed by atoms with Crippen LogP contribution in [0.3, 0.4) is 0 Å². The number of imidazole rings is 1. The Morgan fingerprint density at radius 3 is 2.74 bits per heavy atom. The van der Waals surface area contributed by atoms with Gasteiger partial charge >= 0.3 is 0 Å². The predicted octanol–water partition coefficient (Wildman–Crippen LogP) is 3.62. The minimum atomic E-state index is 0.518. The van der Waals surface area contributed by atoms with Crippen LogP contribution < -0.4 is 0 Å². The Morgan fingerprint density at radius 2 is 2.05 bits per heavy atom. The van der Waals surface area contributed by atoms with Crippen LogP contribution in [0.25, 0.3) is 11.0 Å². The molecule has 3 saturated heterocycles. The molecule has 5 rings (SSSR count). The van der Waals surface area contributed by atoms with Gasteiger partial charge in [-0.15, -0.1) is 0 Å². The zero-order valence-electron chi connectivity index (χ0n) is 10.6. The summed E-state index contributed by atoms with van der Waals surface area (Å²) in [4.78, 5) is 5.86.